The molecule has 3 heteroatoms. The SMILES string of the molecule is CCNC(C)Cn1c(C)nc2c1CCCC2. The minimum atomic E-state index is 0.531. The van der Waals surface area contributed by atoms with Gasteiger partial charge in [-0.25, -0.2) is 4.98 Å². The molecule has 16 heavy (non-hydrogen) atoms. The minimum Gasteiger partial charge on any atom is -0.330 e. The predicted octanol–water partition coefficient (Wildman–Crippen LogP) is 2.07. The zero-order chi connectivity index (χ0) is 11.5. The van der Waals surface area contributed by atoms with Gasteiger partial charge in [-0.15, -0.1) is 0 Å². The summed E-state index contributed by atoms with van der Waals surface area (Å²) in [6.45, 7) is 8.64. The van der Waals surface area contributed by atoms with Crippen molar-refractivity contribution in [2.24, 2.45) is 0 Å². The monoisotopic (exact) mass is 221 g/mol. The summed E-state index contributed by atoms with van der Waals surface area (Å²) in [4.78, 5) is 4.70. The van der Waals surface area contributed by atoms with E-state index in [0.717, 1.165) is 13.1 Å². The zero-order valence-corrected chi connectivity index (χ0v) is 10.7. The van der Waals surface area contributed by atoms with E-state index in [1.54, 1.807) is 0 Å². The lowest BCUT2D eigenvalue weighted by atomic mass is 10.0. The Morgan fingerprint density at radius 2 is 2.12 bits per heavy atom. The van der Waals surface area contributed by atoms with Crippen LogP contribution in [0.1, 0.15) is 43.9 Å². The van der Waals surface area contributed by atoms with Gasteiger partial charge in [-0.2, -0.15) is 0 Å². The van der Waals surface area contributed by atoms with Crippen LogP contribution in [0.15, 0.2) is 0 Å². The molecule has 0 amide bonds. The van der Waals surface area contributed by atoms with Crippen molar-refractivity contribution >= 4 is 0 Å². The Morgan fingerprint density at radius 3 is 2.88 bits per heavy atom. The molecule has 1 aromatic rings. The number of rotatable bonds is 4. The van der Waals surface area contributed by atoms with Crippen molar-refractivity contribution in [3.8, 4) is 0 Å². The van der Waals surface area contributed by atoms with Crippen molar-refractivity contribution in [3.05, 3.63) is 17.2 Å². The number of nitrogens with zero attached hydrogens (tertiary/aromatic N) is 2. The smallest absolute Gasteiger partial charge is 0.106 e. The van der Waals surface area contributed by atoms with E-state index in [4.69, 9.17) is 4.98 Å². The van der Waals surface area contributed by atoms with Gasteiger partial charge >= 0.3 is 0 Å². The molecule has 1 heterocycles. The number of aromatic nitrogens is 2. The van der Waals surface area contributed by atoms with Crippen LogP contribution in [0.25, 0.3) is 0 Å². The molecule has 0 aliphatic heterocycles. The maximum atomic E-state index is 4.70. The standard InChI is InChI=1S/C13H23N3/c1-4-14-10(2)9-16-11(3)15-12-7-5-6-8-13(12)16/h10,14H,4-9H2,1-3H3. The minimum absolute atomic E-state index is 0.531. The summed E-state index contributed by atoms with van der Waals surface area (Å²) in [5, 5.41) is 3.47. The molecule has 0 spiro atoms. The van der Waals surface area contributed by atoms with Crippen molar-refractivity contribution < 1.29 is 0 Å². The second-order valence-electron chi connectivity index (χ2n) is 4.83. The van der Waals surface area contributed by atoms with E-state index in [9.17, 15) is 0 Å². The van der Waals surface area contributed by atoms with Crippen LogP contribution < -0.4 is 5.32 Å². The van der Waals surface area contributed by atoms with Crippen LogP contribution in [-0.4, -0.2) is 22.1 Å². The molecule has 1 aromatic heterocycles. The fourth-order valence-electron chi connectivity index (χ4n) is 2.66. The van der Waals surface area contributed by atoms with E-state index < -0.39 is 0 Å². The number of likely N-dealkylation sites (N-methyl/N-ethyl adjacent to an activating group) is 1. The van der Waals surface area contributed by atoms with Gasteiger partial charge in [-0.3, -0.25) is 0 Å². The van der Waals surface area contributed by atoms with Crippen LogP contribution in [0.4, 0.5) is 0 Å². The van der Waals surface area contributed by atoms with Gasteiger partial charge in [0.1, 0.15) is 5.82 Å². The summed E-state index contributed by atoms with van der Waals surface area (Å²) in [7, 11) is 0. The fraction of sp³-hybridized carbons (Fsp3) is 0.769. The summed E-state index contributed by atoms with van der Waals surface area (Å²) in [6.07, 6.45) is 5.04. The first-order chi connectivity index (χ1) is 7.72. The molecule has 3 nitrogen and oxygen atoms in total. The largest absolute Gasteiger partial charge is 0.330 e. The van der Waals surface area contributed by atoms with Crippen LogP contribution in [0.5, 0.6) is 0 Å². The number of aryl methyl sites for hydroxylation is 2. The molecule has 1 aliphatic carbocycles. The molecule has 90 valence electrons. The summed E-state index contributed by atoms with van der Waals surface area (Å²) >= 11 is 0. The maximum Gasteiger partial charge on any atom is 0.106 e. The predicted molar refractivity (Wildman–Crippen MR) is 66.7 cm³/mol. The lowest BCUT2D eigenvalue weighted by Gasteiger charge is -2.18. The number of fused-ring (bicyclic) bond motifs is 1. The number of imidazole rings is 1. The van der Waals surface area contributed by atoms with Crippen LogP contribution in [0.2, 0.25) is 0 Å². The molecule has 0 radical (unpaired) electrons. The van der Waals surface area contributed by atoms with E-state index >= 15 is 0 Å². The quantitative estimate of drug-likeness (QED) is 0.843. The molecule has 1 unspecified atom stereocenters. The first kappa shape index (κ1) is 11.6. The lowest BCUT2D eigenvalue weighted by Crippen LogP contribution is -2.31. The van der Waals surface area contributed by atoms with E-state index in [2.05, 4.69) is 30.7 Å². The molecular weight excluding hydrogens is 198 g/mol. The Bertz CT molecular complexity index is 354. The van der Waals surface area contributed by atoms with Gasteiger partial charge in [0.25, 0.3) is 0 Å². The van der Waals surface area contributed by atoms with Crippen LogP contribution in [0, 0.1) is 6.92 Å². The summed E-state index contributed by atoms with van der Waals surface area (Å²) in [5.74, 6) is 1.19. The first-order valence-corrected chi connectivity index (χ1v) is 6.50. The summed E-state index contributed by atoms with van der Waals surface area (Å²) in [5.41, 5.74) is 2.85. The van der Waals surface area contributed by atoms with Crippen LogP contribution in [0.3, 0.4) is 0 Å². The molecular formula is C13H23N3. The Balaban J connectivity index is 2.16. The molecule has 1 aliphatic rings. The molecule has 0 bridgehead atoms. The molecule has 1 atom stereocenters. The zero-order valence-electron chi connectivity index (χ0n) is 10.7. The van der Waals surface area contributed by atoms with Crippen molar-refractivity contribution in [2.45, 2.75) is 59.0 Å². The van der Waals surface area contributed by atoms with E-state index in [0.29, 0.717) is 6.04 Å². The van der Waals surface area contributed by atoms with Crippen LogP contribution in [-0.2, 0) is 19.4 Å². The third kappa shape index (κ3) is 2.29. The highest BCUT2D eigenvalue weighted by molar-refractivity contribution is 5.20. The highest BCUT2D eigenvalue weighted by Crippen LogP contribution is 2.22. The molecule has 0 aromatic carbocycles. The Morgan fingerprint density at radius 1 is 1.38 bits per heavy atom. The maximum absolute atomic E-state index is 4.70. The second kappa shape index (κ2) is 5.00. The lowest BCUT2D eigenvalue weighted by molar-refractivity contribution is 0.469. The summed E-state index contributed by atoms with van der Waals surface area (Å²) < 4.78 is 2.42. The normalized spacial score (nSPS) is 17.2. The van der Waals surface area contributed by atoms with Crippen molar-refractivity contribution in [3.63, 3.8) is 0 Å². The molecule has 0 saturated carbocycles. The van der Waals surface area contributed by atoms with Gasteiger partial charge < -0.3 is 9.88 Å². The Kier molecular flexibility index (Phi) is 3.64. The van der Waals surface area contributed by atoms with Crippen molar-refractivity contribution in [1.29, 1.82) is 0 Å². The molecule has 1 N–H and O–H groups in total. The second-order valence-corrected chi connectivity index (χ2v) is 4.83. The van der Waals surface area contributed by atoms with Gasteiger partial charge in [0, 0.05) is 18.3 Å². The number of hydrogen-bond donors (Lipinski definition) is 1. The van der Waals surface area contributed by atoms with Gasteiger partial charge in [0.05, 0.1) is 5.69 Å². The Labute approximate surface area is 98.3 Å². The molecule has 2 rings (SSSR count). The first-order valence-electron chi connectivity index (χ1n) is 6.50. The highest BCUT2D eigenvalue weighted by atomic mass is 15.1. The van der Waals surface area contributed by atoms with Crippen molar-refractivity contribution in [1.82, 2.24) is 14.9 Å². The highest BCUT2D eigenvalue weighted by Gasteiger charge is 2.18. The molecule has 0 saturated heterocycles. The van der Waals surface area contributed by atoms with E-state index in [1.165, 1.54) is 42.9 Å². The molecule has 0 fully saturated rings. The average molecular weight is 221 g/mol. The third-order valence-electron chi connectivity index (χ3n) is 3.43. The topological polar surface area (TPSA) is 29.9 Å². The van der Waals surface area contributed by atoms with Crippen LogP contribution >= 0.6 is 0 Å². The fourth-order valence-corrected chi connectivity index (χ4v) is 2.66. The summed E-state index contributed by atoms with van der Waals surface area (Å²) in [6, 6.07) is 0.531. The van der Waals surface area contributed by atoms with E-state index in [1.807, 2.05) is 0 Å². The number of nitrogens with one attached hydrogen (secondary N) is 1. The van der Waals surface area contributed by atoms with E-state index in [-0.39, 0.29) is 0 Å². The van der Waals surface area contributed by atoms with Crippen molar-refractivity contribution in [2.75, 3.05) is 6.54 Å². The Hall–Kier alpha value is -0.830. The van der Waals surface area contributed by atoms with Gasteiger partial charge in [0.15, 0.2) is 0 Å². The third-order valence-corrected chi connectivity index (χ3v) is 3.43. The van der Waals surface area contributed by atoms with Gasteiger partial charge in [-0.1, -0.05) is 6.92 Å². The van der Waals surface area contributed by atoms with Gasteiger partial charge in [-0.05, 0) is 46.1 Å². The number of hydrogen-bond acceptors (Lipinski definition) is 2. The van der Waals surface area contributed by atoms with Gasteiger partial charge in [0.2, 0.25) is 0 Å². The average Bonchev–Trinajstić information content (AvgIpc) is 2.56.